The molecule has 0 unspecified atom stereocenters. The second-order valence-corrected chi connectivity index (χ2v) is 6.26. The number of amides is 1. The standard InChI is InChI=1S/C17H20ClN5O/c1-13-11-14(18)3-4-15(13)21-16(24)12-22-7-9-23(10-8-22)17-19-5-2-6-20-17/h2-6,11H,7-10,12H2,1H3,(H,21,24). The number of hydrogen-bond donors (Lipinski definition) is 1. The van der Waals surface area contributed by atoms with E-state index in [9.17, 15) is 4.79 Å². The molecule has 7 heteroatoms. The van der Waals surface area contributed by atoms with Crippen molar-refractivity contribution in [1.29, 1.82) is 0 Å². The first kappa shape index (κ1) is 16.7. The molecule has 1 aliphatic heterocycles. The summed E-state index contributed by atoms with van der Waals surface area (Å²) >= 11 is 5.94. The molecular weight excluding hydrogens is 326 g/mol. The number of halogens is 1. The first-order valence-electron chi connectivity index (χ1n) is 7.92. The van der Waals surface area contributed by atoms with E-state index in [0.717, 1.165) is 43.4 Å². The van der Waals surface area contributed by atoms with Crippen LogP contribution in [0.1, 0.15) is 5.56 Å². The first-order chi connectivity index (χ1) is 11.6. The van der Waals surface area contributed by atoms with Gasteiger partial charge in [-0.25, -0.2) is 9.97 Å². The minimum absolute atomic E-state index is 0.00941. The summed E-state index contributed by atoms with van der Waals surface area (Å²) in [4.78, 5) is 25.1. The second kappa shape index (κ2) is 7.59. The molecule has 6 nitrogen and oxygen atoms in total. The van der Waals surface area contributed by atoms with Crippen LogP contribution in [0.3, 0.4) is 0 Å². The molecule has 0 aliphatic carbocycles. The van der Waals surface area contributed by atoms with Gasteiger partial charge in [0.25, 0.3) is 0 Å². The highest BCUT2D eigenvalue weighted by atomic mass is 35.5. The molecule has 126 valence electrons. The Morgan fingerprint density at radius 3 is 2.58 bits per heavy atom. The van der Waals surface area contributed by atoms with Crippen molar-refractivity contribution in [3.8, 4) is 0 Å². The summed E-state index contributed by atoms with van der Waals surface area (Å²) in [5.74, 6) is 0.739. The molecule has 1 aromatic heterocycles. The van der Waals surface area contributed by atoms with Gasteiger partial charge in [0, 0.05) is 49.3 Å². The molecule has 1 saturated heterocycles. The molecule has 0 saturated carbocycles. The predicted molar refractivity (Wildman–Crippen MR) is 95.5 cm³/mol. The summed E-state index contributed by atoms with van der Waals surface area (Å²) in [6.45, 7) is 5.57. The zero-order valence-electron chi connectivity index (χ0n) is 13.6. The molecule has 0 atom stereocenters. The van der Waals surface area contributed by atoms with Gasteiger partial charge in [0.1, 0.15) is 0 Å². The molecular formula is C17H20ClN5O. The van der Waals surface area contributed by atoms with E-state index in [1.54, 1.807) is 18.5 Å². The van der Waals surface area contributed by atoms with Crippen molar-refractivity contribution in [2.45, 2.75) is 6.92 Å². The average molecular weight is 346 g/mol. The molecule has 0 spiro atoms. The lowest BCUT2D eigenvalue weighted by molar-refractivity contribution is -0.117. The van der Waals surface area contributed by atoms with Crippen LogP contribution in [0.2, 0.25) is 5.02 Å². The van der Waals surface area contributed by atoms with E-state index < -0.39 is 0 Å². The van der Waals surface area contributed by atoms with Gasteiger partial charge in [-0.3, -0.25) is 9.69 Å². The van der Waals surface area contributed by atoms with E-state index in [-0.39, 0.29) is 5.91 Å². The van der Waals surface area contributed by atoms with E-state index in [0.29, 0.717) is 11.6 Å². The molecule has 1 fully saturated rings. The van der Waals surface area contributed by atoms with Gasteiger partial charge in [-0.1, -0.05) is 11.6 Å². The van der Waals surface area contributed by atoms with Crippen LogP contribution in [0.15, 0.2) is 36.7 Å². The number of aromatic nitrogens is 2. The van der Waals surface area contributed by atoms with Crippen LogP contribution in [0.5, 0.6) is 0 Å². The fourth-order valence-corrected chi connectivity index (χ4v) is 2.95. The van der Waals surface area contributed by atoms with Crippen molar-refractivity contribution in [2.24, 2.45) is 0 Å². The lowest BCUT2D eigenvalue weighted by Gasteiger charge is -2.34. The number of carbonyl (C=O) groups excluding carboxylic acids is 1. The highest BCUT2D eigenvalue weighted by Gasteiger charge is 2.20. The number of anilines is 2. The number of aryl methyl sites for hydroxylation is 1. The van der Waals surface area contributed by atoms with Crippen LogP contribution in [-0.4, -0.2) is 53.5 Å². The summed E-state index contributed by atoms with van der Waals surface area (Å²) in [6.07, 6.45) is 3.49. The van der Waals surface area contributed by atoms with Crippen molar-refractivity contribution < 1.29 is 4.79 Å². The molecule has 3 rings (SSSR count). The van der Waals surface area contributed by atoms with E-state index in [1.165, 1.54) is 0 Å². The average Bonchev–Trinajstić information content (AvgIpc) is 2.59. The summed E-state index contributed by atoms with van der Waals surface area (Å²) < 4.78 is 0. The second-order valence-electron chi connectivity index (χ2n) is 5.82. The van der Waals surface area contributed by atoms with Gasteiger partial charge in [0.15, 0.2) is 0 Å². The molecule has 1 amide bonds. The summed E-state index contributed by atoms with van der Waals surface area (Å²) in [7, 11) is 0. The molecule has 2 aromatic rings. The van der Waals surface area contributed by atoms with Gasteiger partial charge in [0.05, 0.1) is 6.54 Å². The van der Waals surface area contributed by atoms with Gasteiger partial charge >= 0.3 is 0 Å². The Morgan fingerprint density at radius 2 is 1.92 bits per heavy atom. The largest absolute Gasteiger partial charge is 0.338 e. The van der Waals surface area contributed by atoms with Crippen molar-refractivity contribution in [3.05, 3.63) is 47.2 Å². The molecule has 0 bridgehead atoms. The number of nitrogens with one attached hydrogen (secondary N) is 1. The quantitative estimate of drug-likeness (QED) is 0.920. The lowest BCUT2D eigenvalue weighted by Crippen LogP contribution is -2.49. The van der Waals surface area contributed by atoms with Crippen molar-refractivity contribution in [2.75, 3.05) is 42.9 Å². The van der Waals surface area contributed by atoms with E-state index >= 15 is 0 Å². The lowest BCUT2D eigenvalue weighted by atomic mass is 10.2. The monoisotopic (exact) mass is 345 g/mol. The third-order valence-corrected chi connectivity index (χ3v) is 4.27. The van der Waals surface area contributed by atoms with Crippen LogP contribution in [-0.2, 0) is 4.79 Å². The minimum atomic E-state index is -0.00941. The smallest absolute Gasteiger partial charge is 0.238 e. The van der Waals surface area contributed by atoms with Crippen molar-refractivity contribution in [3.63, 3.8) is 0 Å². The topological polar surface area (TPSA) is 61.4 Å². The van der Waals surface area contributed by atoms with Crippen LogP contribution in [0, 0.1) is 6.92 Å². The Balaban J connectivity index is 1.50. The van der Waals surface area contributed by atoms with Gasteiger partial charge in [-0.2, -0.15) is 0 Å². The predicted octanol–water partition coefficient (Wildman–Crippen LogP) is 2.20. The Hall–Kier alpha value is -2.18. The molecule has 1 N–H and O–H groups in total. The van der Waals surface area contributed by atoms with Crippen LogP contribution in [0.4, 0.5) is 11.6 Å². The van der Waals surface area contributed by atoms with Gasteiger partial charge in [-0.15, -0.1) is 0 Å². The summed E-state index contributed by atoms with van der Waals surface area (Å²) in [5, 5.41) is 3.62. The third kappa shape index (κ3) is 4.21. The fourth-order valence-electron chi connectivity index (χ4n) is 2.72. The summed E-state index contributed by atoms with van der Waals surface area (Å²) in [6, 6.07) is 7.27. The molecule has 1 aliphatic rings. The highest BCUT2D eigenvalue weighted by molar-refractivity contribution is 6.30. The van der Waals surface area contributed by atoms with Crippen molar-refractivity contribution in [1.82, 2.24) is 14.9 Å². The van der Waals surface area contributed by atoms with Gasteiger partial charge in [-0.05, 0) is 36.8 Å². The Morgan fingerprint density at radius 1 is 1.21 bits per heavy atom. The van der Waals surface area contributed by atoms with Crippen LogP contribution in [0.25, 0.3) is 0 Å². The third-order valence-electron chi connectivity index (χ3n) is 4.04. The molecule has 0 radical (unpaired) electrons. The van der Waals surface area contributed by atoms with Gasteiger partial charge < -0.3 is 10.2 Å². The normalized spacial score (nSPS) is 15.3. The van der Waals surface area contributed by atoms with Crippen LogP contribution < -0.4 is 10.2 Å². The number of rotatable bonds is 4. The maximum absolute atomic E-state index is 12.2. The Bertz CT molecular complexity index is 701. The first-order valence-corrected chi connectivity index (χ1v) is 8.30. The van der Waals surface area contributed by atoms with E-state index in [1.807, 2.05) is 25.1 Å². The number of hydrogen-bond acceptors (Lipinski definition) is 5. The number of piperazine rings is 1. The van der Waals surface area contributed by atoms with E-state index in [4.69, 9.17) is 11.6 Å². The number of carbonyl (C=O) groups is 1. The number of nitrogens with zero attached hydrogens (tertiary/aromatic N) is 4. The number of benzene rings is 1. The maximum atomic E-state index is 12.2. The maximum Gasteiger partial charge on any atom is 0.238 e. The molecule has 24 heavy (non-hydrogen) atoms. The minimum Gasteiger partial charge on any atom is -0.338 e. The van der Waals surface area contributed by atoms with E-state index in [2.05, 4.69) is 25.1 Å². The SMILES string of the molecule is Cc1cc(Cl)ccc1NC(=O)CN1CCN(c2ncccn2)CC1. The highest BCUT2D eigenvalue weighted by Crippen LogP contribution is 2.19. The zero-order chi connectivity index (χ0) is 16.9. The Kier molecular flexibility index (Phi) is 5.27. The van der Waals surface area contributed by atoms with Gasteiger partial charge in [0.2, 0.25) is 11.9 Å². The summed E-state index contributed by atoms with van der Waals surface area (Å²) in [5.41, 5.74) is 1.77. The molecule has 2 heterocycles. The van der Waals surface area contributed by atoms with Crippen LogP contribution >= 0.6 is 11.6 Å². The fraction of sp³-hybridized carbons (Fsp3) is 0.353. The Labute approximate surface area is 146 Å². The van der Waals surface area contributed by atoms with Crippen molar-refractivity contribution >= 4 is 29.1 Å². The molecule has 1 aromatic carbocycles. The zero-order valence-corrected chi connectivity index (χ0v) is 14.3.